The quantitative estimate of drug-likeness (QED) is 0.731. The van der Waals surface area contributed by atoms with Gasteiger partial charge in [0, 0.05) is 12.0 Å². The van der Waals surface area contributed by atoms with Gasteiger partial charge in [-0.3, -0.25) is 0 Å². The van der Waals surface area contributed by atoms with Crippen LogP contribution in [0.5, 0.6) is 0 Å². The van der Waals surface area contributed by atoms with E-state index in [1.54, 1.807) is 0 Å². The summed E-state index contributed by atoms with van der Waals surface area (Å²) in [6, 6.07) is 9.34. The van der Waals surface area contributed by atoms with Gasteiger partial charge < -0.3 is 4.84 Å². The van der Waals surface area contributed by atoms with Crippen LogP contribution in [0.15, 0.2) is 35.5 Å². The van der Waals surface area contributed by atoms with Crippen LogP contribution in [0.1, 0.15) is 12.0 Å². The maximum atomic E-state index is 11.9. The highest BCUT2D eigenvalue weighted by Gasteiger charge is 2.49. The third-order valence-corrected chi connectivity index (χ3v) is 5.14. The molecule has 0 aromatic heterocycles. The van der Waals surface area contributed by atoms with Gasteiger partial charge in [-0.25, -0.2) is 8.42 Å². The Kier molecular flexibility index (Phi) is 2.04. The number of sulfone groups is 1. The fourth-order valence-electron chi connectivity index (χ4n) is 2.25. The summed E-state index contributed by atoms with van der Waals surface area (Å²) in [5.41, 5.74) is 1.39. The van der Waals surface area contributed by atoms with Crippen LogP contribution in [0.4, 0.5) is 0 Å². The van der Waals surface area contributed by atoms with Crippen molar-refractivity contribution in [2.45, 2.75) is 17.8 Å². The second-order valence-electron chi connectivity index (χ2n) is 4.06. The molecule has 0 bridgehead atoms. The van der Waals surface area contributed by atoms with Crippen LogP contribution in [0.25, 0.3) is 0 Å². The van der Waals surface area contributed by atoms with Gasteiger partial charge in [-0.1, -0.05) is 35.5 Å². The second kappa shape index (κ2) is 3.31. The molecular weight excluding hydrogens is 226 g/mol. The lowest BCUT2D eigenvalue weighted by molar-refractivity contribution is 0.0899. The molecule has 1 saturated heterocycles. The minimum absolute atomic E-state index is 0.203. The number of oxime groups is 1. The highest BCUT2D eigenvalue weighted by atomic mass is 32.2. The first-order chi connectivity index (χ1) is 7.68. The fourth-order valence-corrected chi connectivity index (χ4v) is 4.23. The zero-order chi connectivity index (χ0) is 11.2. The number of rotatable bonds is 1. The molecule has 4 nitrogen and oxygen atoms in total. The van der Waals surface area contributed by atoms with Crippen LogP contribution in [-0.4, -0.2) is 31.2 Å². The Morgan fingerprint density at radius 1 is 1.25 bits per heavy atom. The molecule has 0 N–H and O–H groups in total. The Hall–Kier alpha value is -1.36. The van der Waals surface area contributed by atoms with Gasteiger partial charge in [-0.2, -0.15) is 0 Å². The Balaban J connectivity index is 2.05. The average Bonchev–Trinajstić information content (AvgIpc) is 2.82. The van der Waals surface area contributed by atoms with Gasteiger partial charge in [-0.15, -0.1) is 0 Å². The second-order valence-corrected chi connectivity index (χ2v) is 6.30. The summed E-state index contributed by atoms with van der Waals surface area (Å²) in [6.07, 6.45) is 0.271. The molecule has 2 atom stereocenters. The van der Waals surface area contributed by atoms with E-state index in [9.17, 15) is 8.42 Å². The van der Waals surface area contributed by atoms with E-state index in [4.69, 9.17) is 4.84 Å². The minimum Gasteiger partial charge on any atom is -0.390 e. The number of fused-ring (bicyclic) bond motifs is 1. The van der Waals surface area contributed by atoms with Crippen molar-refractivity contribution in [3.8, 4) is 0 Å². The van der Waals surface area contributed by atoms with Crippen LogP contribution < -0.4 is 0 Å². The first-order valence-corrected chi connectivity index (χ1v) is 6.91. The Labute approximate surface area is 93.8 Å². The topological polar surface area (TPSA) is 55.7 Å². The highest BCUT2D eigenvalue weighted by Crippen LogP contribution is 2.31. The molecule has 3 rings (SSSR count). The maximum Gasteiger partial charge on any atom is 0.162 e. The fraction of sp³-hybridized carbons (Fsp3) is 0.364. The number of hydrogen-bond donors (Lipinski definition) is 0. The van der Waals surface area contributed by atoms with Crippen LogP contribution in [-0.2, 0) is 14.7 Å². The largest absolute Gasteiger partial charge is 0.390 e. The lowest BCUT2D eigenvalue weighted by Gasteiger charge is -2.08. The smallest absolute Gasteiger partial charge is 0.162 e. The Bertz CT molecular complexity index is 536. The van der Waals surface area contributed by atoms with E-state index in [0.29, 0.717) is 12.1 Å². The van der Waals surface area contributed by atoms with Crippen LogP contribution in [0.2, 0.25) is 0 Å². The van der Waals surface area contributed by atoms with E-state index >= 15 is 0 Å². The van der Waals surface area contributed by atoms with Crippen LogP contribution in [0, 0.1) is 0 Å². The first-order valence-electron chi connectivity index (χ1n) is 5.19. The summed E-state index contributed by atoms with van der Waals surface area (Å²) >= 11 is 0. The zero-order valence-corrected chi connectivity index (χ0v) is 9.35. The average molecular weight is 237 g/mol. The van der Waals surface area contributed by atoms with Gasteiger partial charge >= 0.3 is 0 Å². The third kappa shape index (κ3) is 1.35. The molecule has 1 fully saturated rings. The lowest BCUT2D eigenvalue weighted by atomic mass is 10.0. The standard InChI is InChI=1S/C11H11NO3S/c13-16(14)7-6-9-11(16)10(12-15-9)8-4-2-1-3-5-8/h1-5,9,11H,6-7H2. The van der Waals surface area contributed by atoms with Crippen molar-refractivity contribution in [1.82, 2.24) is 0 Å². The van der Waals surface area contributed by atoms with Gasteiger partial charge in [0.1, 0.15) is 11.0 Å². The molecular formula is C11H11NO3S. The van der Waals surface area contributed by atoms with Crippen LogP contribution in [0.3, 0.4) is 0 Å². The normalized spacial score (nSPS) is 30.6. The van der Waals surface area contributed by atoms with E-state index in [2.05, 4.69) is 5.16 Å². The molecule has 0 saturated carbocycles. The first kappa shape index (κ1) is 9.84. The molecule has 0 amide bonds. The summed E-state index contributed by atoms with van der Waals surface area (Å²) in [5.74, 6) is 0.203. The third-order valence-electron chi connectivity index (χ3n) is 3.04. The van der Waals surface area contributed by atoms with E-state index in [1.807, 2.05) is 30.3 Å². The molecule has 16 heavy (non-hydrogen) atoms. The van der Waals surface area contributed by atoms with E-state index in [1.165, 1.54) is 0 Å². The van der Waals surface area contributed by atoms with E-state index < -0.39 is 15.1 Å². The molecule has 1 aromatic carbocycles. The van der Waals surface area contributed by atoms with Crippen molar-refractivity contribution in [3.05, 3.63) is 35.9 Å². The highest BCUT2D eigenvalue weighted by molar-refractivity contribution is 7.93. The van der Waals surface area contributed by atoms with Crippen molar-refractivity contribution in [1.29, 1.82) is 0 Å². The van der Waals surface area contributed by atoms with Crippen molar-refractivity contribution in [2.24, 2.45) is 5.16 Å². The predicted molar refractivity (Wildman–Crippen MR) is 60.0 cm³/mol. The van der Waals surface area contributed by atoms with Crippen molar-refractivity contribution < 1.29 is 13.3 Å². The molecule has 2 unspecified atom stereocenters. The van der Waals surface area contributed by atoms with Gasteiger partial charge in [0.25, 0.3) is 0 Å². The van der Waals surface area contributed by atoms with Crippen molar-refractivity contribution >= 4 is 15.5 Å². The molecule has 5 heteroatoms. The van der Waals surface area contributed by atoms with Gasteiger partial charge in [0.2, 0.25) is 0 Å². The van der Waals surface area contributed by atoms with Gasteiger partial charge in [-0.05, 0) is 0 Å². The number of benzene rings is 1. The monoisotopic (exact) mass is 237 g/mol. The minimum atomic E-state index is -3.08. The maximum absolute atomic E-state index is 11.9. The van der Waals surface area contributed by atoms with E-state index in [0.717, 1.165) is 5.56 Å². The SMILES string of the molecule is O=S1(=O)CCC2ON=C(c3ccccc3)C21. The van der Waals surface area contributed by atoms with Crippen molar-refractivity contribution in [2.75, 3.05) is 5.75 Å². The summed E-state index contributed by atoms with van der Waals surface area (Å²) in [6.45, 7) is 0. The summed E-state index contributed by atoms with van der Waals surface area (Å²) in [4.78, 5) is 5.19. The summed E-state index contributed by atoms with van der Waals surface area (Å²) in [7, 11) is -3.08. The molecule has 2 aliphatic heterocycles. The predicted octanol–water partition coefficient (Wildman–Crippen LogP) is 0.977. The lowest BCUT2D eigenvalue weighted by Crippen LogP contribution is -2.31. The zero-order valence-electron chi connectivity index (χ0n) is 8.54. The molecule has 0 radical (unpaired) electrons. The summed E-state index contributed by atoms with van der Waals surface area (Å²) in [5, 5.41) is 3.36. The molecule has 2 aliphatic rings. The van der Waals surface area contributed by atoms with E-state index in [-0.39, 0.29) is 11.9 Å². The Morgan fingerprint density at radius 3 is 2.75 bits per heavy atom. The van der Waals surface area contributed by atoms with Crippen LogP contribution >= 0.6 is 0 Å². The number of hydrogen-bond acceptors (Lipinski definition) is 4. The molecule has 1 aromatic rings. The van der Waals surface area contributed by atoms with Gasteiger partial charge in [0.05, 0.1) is 5.75 Å². The molecule has 0 spiro atoms. The molecule has 0 aliphatic carbocycles. The summed E-state index contributed by atoms with van der Waals surface area (Å²) < 4.78 is 23.7. The molecule has 2 heterocycles. The van der Waals surface area contributed by atoms with Crippen molar-refractivity contribution in [3.63, 3.8) is 0 Å². The molecule has 84 valence electrons. The number of nitrogens with zero attached hydrogens (tertiary/aromatic N) is 1. The van der Waals surface area contributed by atoms with Gasteiger partial charge in [0.15, 0.2) is 15.9 Å². The Morgan fingerprint density at radius 2 is 2.00 bits per heavy atom.